The summed E-state index contributed by atoms with van der Waals surface area (Å²) in [5.41, 5.74) is 1.25. The van der Waals surface area contributed by atoms with E-state index in [0.717, 1.165) is 16.9 Å². The van der Waals surface area contributed by atoms with Gasteiger partial charge in [-0.15, -0.1) is 11.3 Å². The Morgan fingerprint density at radius 3 is 2.60 bits per heavy atom. The number of nitro benzene ring substituents is 1. The second-order valence-electron chi connectivity index (χ2n) is 4.24. The highest BCUT2D eigenvalue weighted by atomic mass is 32.1. The third kappa shape index (κ3) is 2.77. The molecule has 0 radical (unpaired) electrons. The van der Waals surface area contributed by atoms with E-state index in [2.05, 4.69) is 0 Å². The first-order valence-corrected chi connectivity index (χ1v) is 6.51. The van der Waals surface area contributed by atoms with Gasteiger partial charge in [-0.1, -0.05) is 6.07 Å². The van der Waals surface area contributed by atoms with Crippen LogP contribution in [-0.2, 0) is 0 Å². The monoisotopic (exact) mass is 293 g/mol. The van der Waals surface area contributed by atoms with Gasteiger partial charge in [0.25, 0.3) is 0 Å². The van der Waals surface area contributed by atoms with Gasteiger partial charge >= 0.3 is 11.7 Å². The van der Waals surface area contributed by atoms with Crippen molar-refractivity contribution >= 4 is 23.0 Å². The number of carboxylic acids is 1. The highest BCUT2D eigenvalue weighted by Crippen LogP contribution is 2.37. The van der Waals surface area contributed by atoms with E-state index in [1.54, 1.807) is 19.9 Å². The third-order valence-electron chi connectivity index (χ3n) is 2.60. The molecule has 20 heavy (non-hydrogen) atoms. The first-order chi connectivity index (χ1) is 9.38. The Morgan fingerprint density at radius 2 is 2.05 bits per heavy atom. The van der Waals surface area contributed by atoms with Gasteiger partial charge in [0.05, 0.1) is 4.92 Å². The Balaban J connectivity index is 2.41. The number of aryl methyl sites for hydroxylation is 2. The van der Waals surface area contributed by atoms with E-state index in [-0.39, 0.29) is 22.1 Å². The number of ether oxygens (including phenoxy) is 1. The molecule has 104 valence electrons. The zero-order valence-corrected chi connectivity index (χ0v) is 11.6. The fourth-order valence-corrected chi connectivity index (χ4v) is 2.45. The maximum Gasteiger partial charge on any atom is 0.346 e. The number of benzene rings is 1. The van der Waals surface area contributed by atoms with E-state index >= 15 is 0 Å². The van der Waals surface area contributed by atoms with Crippen LogP contribution in [0.25, 0.3) is 0 Å². The van der Waals surface area contributed by atoms with Crippen LogP contribution in [-0.4, -0.2) is 16.0 Å². The molecule has 1 aromatic carbocycles. The third-order valence-corrected chi connectivity index (χ3v) is 3.50. The second-order valence-corrected chi connectivity index (χ2v) is 5.15. The van der Waals surface area contributed by atoms with E-state index in [9.17, 15) is 14.9 Å². The summed E-state index contributed by atoms with van der Waals surface area (Å²) in [6, 6.07) is 4.54. The average molecular weight is 293 g/mol. The number of carbonyl (C=O) groups is 1. The lowest BCUT2D eigenvalue weighted by molar-refractivity contribution is -0.385. The molecule has 0 bridgehead atoms. The van der Waals surface area contributed by atoms with Crippen LogP contribution in [0, 0.1) is 24.0 Å². The normalized spacial score (nSPS) is 10.3. The van der Waals surface area contributed by atoms with Crippen molar-refractivity contribution in [3.63, 3.8) is 0 Å². The van der Waals surface area contributed by atoms with Crippen molar-refractivity contribution in [1.82, 2.24) is 0 Å². The molecule has 0 atom stereocenters. The zero-order chi connectivity index (χ0) is 14.9. The molecule has 2 rings (SSSR count). The molecule has 2 aromatic rings. The largest absolute Gasteiger partial charge is 0.477 e. The van der Waals surface area contributed by atoms with Gasteiger partial charge in [0.2, 0.25) is 5.75 Å². The van der Waals surface area contributed by atoms with Crippen LogP contribution in [0.2, 0.25) is 0 Å². The summed E-state index contributed by atoms with van der Waals surface area (Å²) in [4.78, 5) is 21.5. The molecular formula is C13H11NO5S. The van der Waals surface area contributed by atoms with Crippen LogP contribution in [0.1, 0.15) is 20.8 Å². The molecule has 0 saturated carbocycles. The van der Waals surface area contributed by atoms with Gasteiger partial charge in [-0.25, -0.2) is 4.79 Å². The summed E-state index contributed by atoms with van der Waals surface area (Å²) < 4.78 is 5.49. The summed E-state index contributed by atoms with van der Waals surface area (Å²) in [5, 5.41) is 21.4. The van der Waals surface area contributed by atoms with Gasteiger partial charge in [0.15, 0.2) is 0 Å². The number of rotatable bonds is 4. The van der Waals surface area contributed by atoms with Crippen molar-refractivity contribution in [3.05, 3.63) is 49.7 Å². The molecule has 0 aliphatic rings. The lowest BCUT2D eigenvalue weighted by Crippen LogP contribution is -1.96. The average Bonchev–Trinajstić information content (AvgIpc) is 2.80. The van der Waals surface area contributed by atoms with E-state index < -0.39 is 10.9 Å². The van der Waals surface area contributed by atoms with Crippen LogP contribution in [0.5, 0.6) is 11.5 Å². The van der Waals surface area contributed by atoms with Crippen molar-refractivity contribution in [2.24, 2.45) is 0 Å². The Bertz CT molecular complexity index is 692. The zero-order valence-electron chi connectivity index (χ0n) is 10.7. The number of aromatic carboxylic acids is 1. The van der Waals surface area contributed by atoms with Crippen molar-refractivity contribution in [2.45, 2.75) is 13.8 Å². The van der Waals surface area contributed by atoms with Crippen molar-refractivity contribution < 1.29 is 19.6 Å². The molecule has 1 aromatic heterocycles. The number of nitro groups is 1. The van der Waals surface area contributed by atoms with Gasteiger partial charge in [0.1, 0.15) is 10.6 Å². The molecule has 6 nitrogen and oxygen atoms in total. The first kappa shape index (κ1) is 14.0. The molecule has 0 amide bonds. The SMILES string of the molecule is Cc1cc(C)c(Oc2csc(C(=O)O)c2)c([N+](=O)[O-])c1. The lowest BCUT2D eigenvalue weighted by atomic mass is 10.1. The van der Waals surface area contributed by atoms with Crippen molar-refractivity contribution in [2.75, 3.05) is 0 Å². The molecule has 0 fully saturated rings. The quantitative estimate of drug-likeness (QED) is 0.684. The highest BCUT2D eigenvalue weighted by molar-refractivity contribution is 7.12. The van der Waals surface area contributed by atoms with Crippen LogP contribution >= 0.6 is 11.3 Å². The molecule has 1 heterocycles. The maximum atomic E-state index is 11.1. The molecular weight excluding hydrogens is 282 g/mol. The fraction of sp³-hybridized carbons (Fsp3) is 0.154. The fourth-order valence-electron chi connectivity index (χ4n) is 1.80. The van der Waals surface area contributed by atoms with Crippen LogP contribution in [0.15, 0.2) is 23.6 Å². The Morgan fingerprint density at radius 1 is 1.35 bits per heavy atom. The van der Waals surface area contributed by atoms with E-state index in [1.807, 2.05) is 0 Å². The summed E-state index contributed by atoms with van der Waals surface area (Å²) in [6.07, 6.45) is 0. The first-order valence-electron chi connectivity index (χ1n) is 5.64. The van der Waals surface area contributed by atoms with Gasteiger partial charge in [-0.2, -0.15) is 0 Å². The highest BCUT2D eigenvalue weighted by Gasteiger charge is 2.20. The predicted molar refractivity (Wildman–Crippen MR) is 73.9 cm³/mol. The van der Waals surface area contributed by atoms with Gasteiger partial charge in [0, 0.05) is 17.5 Å². The Hall–Kier alpha value is -2.41. The Labute approximate surface area is 118 Å². The second kappa shape index (κ2) is 5.30. The molecule has 7 heteroatoms. The van der Waals surface area contributed by atoms with E-state index in [4.69, 9.17) is 9.84 Å². The molecule has 1 N–H and O–H groups in total. The minimum atomic E-state index is -1.06. The van der Waals surface area contributed by atoms with Gasteiger partial charge in [-0.05, 0) is 25.0 Å². The lowest BCUT2D eigenvalue weighted by Gasteiger charge is -2.08. The van der Waals surface area contributed by atoms with Crippen molar-refractivity contribution in [1.29, 1.82) is 0 Å². The number of nitrogens with zero attached hydrogens (tertiary/aromatic N) is 1. The van der Waals surface area contributed by atoms with E-state index in [0.29, 0.717) is 5.56 Å². The minimum Gasteiger partial charge on any atom is -0.477 e. The smallest absolute Gasteiger partial charge is 0.346 e. The summed E-state index contributed by atoms with van der Waals surface area (Å²) in [6.45, 7) is 3.47. The van der Waals surface area contributed by atoms with Crippen LogP contribution < -0.4 is 4.74 Å². The van der Waals surface area contributed by atoms with Crippen LogP contribution in [0.3, 0.4) is 0 Å². The maximum absolute atomic E-state index is 11.1. The number of hydrogen-bond acceptors (Lipinski definition) is 5. The standard InChI is InChI=1S/C13H11NO5S/c1-7-3-8(2)12(10(4-7)14(17)18)19-9-5-11(13(15)16)20-6-9/h3-6H,1-2H3,(H,15,16). The molecule has 0 saturated heterocycles. The topological polar surface area (TPSA) is 89.7 Å². The van der Waals surface area contributed by atoms with Crippen molar-refractivity contribution in [3.8, 4) is 11.5 Å². The number of thiophene rings is 1. The Kier molecular flexibility index (Phi) is 3.71. The van der Waals surface area contributed by atoms with Gasteiger partial charge < -0.3 is 9.84 Å². The van der Waals surface area contributed by atoms with Crippen LogP contribution in [0.4, 0.5) is 5.69 Å². The number of hydrogen-bond donors (Lipinski definition) is 1. The summed E-state index contributed by atoms with van der Waals surface area (Å²) in [7, 11) is 0. The molecule has 0 aliphatic heterocycles. The van der Waals surface area contributed by atoms with Gasteiger partial charge in [-0.3, -0.25) is 10.1 Å². The van der Waals surface area contributed by atoms with E-state index in [1.165, 1.54) is 17.5 Å². The number of carboxylic acid groups (broad SMARTS) is 1. The molecule has 0 aliphatic carbocycles. The predicted octanol–water partition coefficient (Wildman–Crippen LogP) is 3.76. The molecule has 0 unspecified atom stereocenters. The summed E-state index contributed by atoms with van der Waals surface area (Å²) >= 11 is 1.01. The minimum absolute atomic E-state index is 0.118. The molecule has 0 spiro atoms. The summed E-state index contributed by atoms with van der Waals surface area (Å²) in [5.74, 6) is -0.641.